The number of hydrogen-bond donors (Lipinski definition) is 1. The first-order valence-electron chi connectivity index (χ1n) is 24.4. The Hall–Kier alpha value is -0.530. The van der Waals surface area contributed by atoms with E-state index >= 15 is 0 Å². The Morgan fingerprint density at radius 1 is 0.508 bits per heavy atom. The van der Waals surface area contributed by atoms with Crippen LogP contribution in [-0.4, -0.2) is 240 Å². The molecule has 386 valence electrons. The van der Waals surface area contributed by atoms with Crippen molar-refractivity contribution in [3.05, 3.63) is 0 Å². The molecule has 3 heterocycles. The van der Waals surface area contributed by atoms with Gasteiger partial charge >= 0.3 is 0 Å². The number of likely N-dealkylation sites (N-methyl/N-ethyl adjacent to an activating group) is 3. The molecule has 3 rings (SSSR count). The largest absolute Gasteiger partial charge is 0.354 e. The minimum Gasteiger partial charge on any atom is -0.354 e. The summed E-state index contributed by atoms with van der Waals surface area (Å²) in [6.45, 7) is 34.4. The van der Waals surface area contributed by atoms with Crippen molar-refractivity contribution in [1.29, 1.82) is 0 Å². The van der Waals surface area contributed by atoms with Gasteiger partial charge in [-0.1, -0.05) is 69.2 Å². The average molecular weight is 1010 g/mol. The molecule has 0 spiro atoms. The van der Waals surface area contributed by atoms with E-state index in [4.69, 9.17) is 0 Å². The zero-order chi connectivity index (χ0) is 49.7. The summed E-state index contributed by atoms with van der Waals surface area (Å²) in [5.41, 5.74) is 0. The van der Waals surface area contributed by atoms with Gasteiger partial charge in [-0.25, -0.2) is 0 Å². The molecule has 3 saturated heterocycles. The van der Waals surface area contributed by atoms with E-state index in [1.54, 1.807) is 51.9 Å². The summed E-state index contributed by atoms with van der Waals surface area (Å²) in [6, 6.07) is 0. The van der Waals surface area contributed by atoms with Crippen LogP contribution < -0.4 is 5.32 Å². The average Bonchev–Trinajstić information content (AvgIpc) is 3.98. The van der Waals surface area contributed by atoms with Gasteiger partial charge in [0.2, 0.25) is 23.6 Å². The number of hydrogen-bond acceptors (Lipinski definition) is 13. The van der Waals surface area contributed by atoms with Crippen molar-refractivity contribution < 1.29 is 19.2 Å². The molecule has 4 amide bonds. The highest BCUT2D eigenvalue weighted by molar-refractivity contribution is 8.01. The van der Waals surface area contributed by atoms with Crippen molar-refractivity contribution >= 4 is 82.4 Å². The molecular weight excluding hydrogens is 913 g/mol. The van der Waals surface area contributed by atoms with Crippen LogP contribution >= 0.6 is 58.8 Å². The smallest absolute Gasteiger partial charge is 0.232 e. The van der Waals surface area contributed by atoms with E-state index in [0.717, 1.165) is 70.7 Å². The first-order chi connectivity index (χ1) is 30.5. The second-order valence-corrected chi connectivity index (χ2v) is 26.7. The second kappa shape index (κ2) is 42.4. The van der Waals surface area contributed by atoms with Crippen LogP contribution in [0.3, 0.4) is 0 Å². The topological polar surface area (TPSA) is 103 Å². The molecule has 0 aromatic carbocycles. The maximum atomic E-state index is 11.7. The van der Waals surface area contributed by atoms with Crippen LogP contribution in [0.15, 0.2) is 0 Å². The fraction of sp³-hybridized carbons (Fsp3) is 0.917. The van der Waals surface area contributed by atoms with Crippen molar-refractivity contribution in [1.82, 2.24) is 39.6 Å². The Labute approximate surface area is 422 Å². The quantitative estimate of drug-likeness (QED) is 0.104. The third-order valence-corrected chi connectivity index (χ3v) is 15.5. The number of thioether (sulfide) groups is 5. The molecule has 0 aromatic heterocycles. The molecule has 0 bridgehead atoms. The van der Waals surface area contributed by atoms with Gasteiger partial charge in [0.25, 0.3) is 0 Å². The summed E-state index contributed by atoms with van der Waals surface area (Å²) in [5, 5.41) is 5.94. The van der Waals surface area contributed by atoms with Crippen LogP contribution in [-0.2, 0) is 19.2 Å². The maximum Gasteiger partial charge on any atom is 0.232 e. The maximum absolute atomic E-state index is 11.7. The van der Waals surface area contributed by atoms with E-state index in [9.17, 15) is 19.2 Å². The Kier molecular flexibility index (Phi) is 43.4. The minimum absolute atomic E-state index is 0.174. The standard InChI is InChI=1S/C11H22N2OS.C10H20N2OS.C10H22N2OS.C9H17NOS.C8H19NS/c1-10(2)15-9-11(14)12-5-8-13-6-3-4-7-13;1-9(2)14-8-10(13)12-6-4-11(3)5-7-12;1-9(2)14-8-10(13)12(5)7-6-11(3)4;1-8(2)12-7-9(11)10-5-3-4-6-10;1-8(2)10-7-5-6-9(3)4/h10H,3-9H2,1-2H3,(H,12,14);9H,4-8H2,1-3H3;9H,6-8H2,1-5H3;8H,3-7H2,1-2H3;8H,5-7H2,1-4H3. The summed E-state index contributed by atoms with van der Waals surface area (Å²) < 4.78 is 0. The molecule has 0 saturated carbocycles. The molecule has 0 radical (unpaired) electrons. The molecule has 3 aliphatic rings. The zero-order valence-electron chi connectivity index (χ0n) is 44.5. The van der Waals surface area contributed by atoms with E-state index in [-0.39, 0.29) is 11.8 Å². The zero-order valence-corrected chi connectivity index (χ0v) is 48.5. The third-order valence-electron chi connectivity index (χ3n) is 9.94. The van der Waals surface area contributed by atoms with Gasteiger partial charge in [-0.15, -0.1) is 47.0 Å². The summed E-state index contributed by atoms with van der Waals surface area (Å²) in [5.74, 6) is 4.83. The van der Waals surface area contributed by atoms with Crippen LogP contribution in [0.2, 0.25) is 0 Å². The first-order valence-corrected chi connectivity index (χ1v) is 29.6. The van der Waals surface area contributed by atoms with E-state index in [2.05, 4.69) is 115 Å². The molecule has 0 unspecified atom stereocenters. The Morgan fingerprint density at radius 3 is 1.37 bits per heavy atom. The fourth-order valence-corrected chi connectivity index (χ4v) is 9.22. The Balaban J connectivity index is 0. The van der Waals surface area contributed by atoms with Gasteiger partial charge in [0.05, 0.1) is 23.0 Å². The normalized spacial score (nSPS) is 15.4. The van der Waals surface area contributed by atoms with Gasteiger partial charge in [-0.3, -0.25) is 19.2 Å². The Morgan fingerprint density at radius 2 is 0.923 bits per heavy atom. The predicted molar refractivity (Wildman–Crippen MR) is 296 cm³/mol. The van der Waals surface area contributed by atoms with Gasteiger partial charge in [-0.05, 0) is 119 Å². The van der Waals surface area contributed by atoms with E-state index in [1.165, 1.54) is 57.5 Å². The molecule has 0 aromatic rings. The lowest BCUT2D eigenvalue weighted by Gasteiger charge is -2.32. The van der Waals surface area contributed by atoms with E-state index in [0.29, 0.717) is 55.8 Å². The number of piperazine rings is 1. The highest BCUT2D eigenvalue weighted by Crippen LogP contribution is 2.15. The molecule has 65 heavy (non-hydrogen) atoms. The molecule has 3 fully saturated rings. The molecule has 0 atom stereocenters. The molecule has 17 heteroatoms. The number of carbonyl (C=O) groups excluding carboxylic acids is 4. The summed E-state index contributed by atoms with van der Waals surface area (Å²) in [7, 11) is 12.2. The summed E-state index contributed by atoms with van der Waals surface area (Å²) in [6.07, 6.45) is 6.33. The van der Waals surface area contributed by atoms with Gasteiger partial charge < -0.3 is 39.6 Å². The highest BCUT2D eigenvalue weighted by atomic mass is 32.2. The molecule has 3 aliphatic heterocycles. The number of likely N-dealkylation sites (tertiary alicyclic amines) is 2. The van der Waals surface area contributed by atoms with Crippen LogP contribution in [0.25, 0.3) is 0 Å². The van der Waals surface area contributed by atoms with Crippen molar-refractivity contribution in [3.63, 3.8) is 0 Å². The lowest BCUT2D eigenvalue weighted by Crippen LogP contribution is -2.47. The van der Waals surface area contributed by atoms with E-state index in [1.807, 2.05) is 42.7 Å². The van der Waals surface area contributed by atoms with Crippen LogP contribution in [0.5, 0.6) is 0 Å². The van der Waals surface area contributed by atoms with Crippen molar-refractivity contribution in [3.8, 4) is 0 Å². The lowest BCUT2D eigenvalue weighted by atomic mass is 10.3. The molecular formula is C48H100N8O4S5. The van der Waals surface area contributed by atoms with Crippen LogP contribution in [0.4, 0.5) is 0 Å². The van der Waals surface area contributed by atoms with Crippen molar-refractivity contribution in [2.24, 2.45) is 0 Å². The van der Waals surface area contributed by atoms with Gasteiger partial charge in [-0.2, -0.15) is 11.8 Å². The van der Waals surface area contributed by atoms with Crippen LogP contribution in [0, 0.1) is 0 Å². The minimum atomic E-state index is 0.174. The second-order valence-electron chi connectivity index (χ2n) is 18.8. The predicted octanol–water partition coefficient (Wildman–Crippen LogP) is 7.22. The number of nitrogens with one attached hydrogen (secondary N) is 1. The summed E-state index contributed by atoms with van der Waals surface area (Å²) >= 11 is 8.90. The highest BCUT2D eigenvalue weighted by Gasteiger charge is 2.19. The number of nitrogens with zero attached hydrogens (tertiary/aromatic N) is 7. The third kappa shape index (κ3) is 44.4. The summed E-state index contributed by atoms with van der Waals surface area (Å²) in [4.78, 5) is 60.8. The fourth-order valence-electron chi connectivity index (χ4n) is 5.86. The van der Waals surface area contributed by atoms with Gasteiger partial charge in [0.1, 0.15) is 0 Å². The first kappa shape index (κ1) is 66.6. The van der Waals surface area contributed by atoms with Gasteiger partial charge in [0.15, 0.2) is 0 Å². The van der Waals surface area contributed by atoms with Gasteiger partial charge in [0, 0.05) is 72.5 Å². The van der Waals surface area contributed by atoms with E-state index < -0.39 is 0 Å². The molecule has 1 N–H and O–H groups in total. The number of rotatable bonds is 23. The molecule has 0 aliphatic carbocycles. The molecule has 12 nitrogen and oxygen atoms in total. The monoisotopic (exact) mass is 1010 g/mol. The lowest BCUT2D eigenvalue weighted by molar-refractivity contribution is -0.130. The number of amides is 4. The SMILES string of the molecule is CC(C)SCC(=O)N(C)CCN(C)C.CC(C)SCC(=O)N1CCCC1.CC(C)SCC(=O)N1CCN(C)CC1.CC(C)SCC(=O)NCCN1CCCC1.CC(C)SCCCN(C)C. The van der Waals surface area contributed by atoms with Crippen molar-refractivity contribution in [2.75, 3.05) is 156 Å². The number of carbonyl (C=O) groups is 4. The van der Waals surface area contributed by atoms with Crippen molar-refractivity contribution in [2.45, 2.75) is 128 Å². The Bertz CT molecular complexity index is 1170. The van der Waals surface area contributed by atoms with Crippen LogP contribution in [0.1, 0.15) is 101 Å².